The summed E-state index contributed by atoms with van der Waals surface area (Å²) in [6.07, 6.45) is 2.12. The van der Waals surface area contributed by atoms with Crippen LogP contribution in [0.5, 0.6) is 0 Å². The Labute approximate surface area is 132 Å². The second-order valence-corrected chi connectivity index (χ2v) is 6.83. The summed E-state index contributed by atoms with van der Waals surface area (Å²) in [7, 11) is 0. The molecule has 19 heavy (non-hydrogen) atoms. The number of aryl methyl sites for hydroxylation is 1. The fourth-order valence-electron chi connectivity index (χ4n) is 1.99. The normalized spacial score (nSPS) is 12.6. The first-order chi connectivity index (χ1) is 9.19. The number of halogens is 1. The van der Waals surface area contributed by atoms with Gasteiger partial charge in [-0.25, -0.2) is 4.98 Å². The Morgan fingerprint density at radius 1 is 1.32 bits per heavy atom. The van der Waals surface area contributed by atoms with E-state index < -0.39 is 0 Å². The Kier molecular flexibility index (Phi) is 5.78. The topological polar surface area (TPSA) is 24.9 Å². The Morgan fingerprint density at radius 2 is 2.05 bits per heavy atom. The number of nitrogens with zero attached hydrogens (tertiary/aromatic N) is 1. The van der Waals surface area contributed by atoms with Crippen LogP contribution in [-0.2, 0) is 6.42 Å². The second kappa shape index (κ2) is 7.36. The van der Waals surface area contributed by atoms with Crippen molar-refractivity contribution in [2.24, 2.45) is 0 Å². The molecule has 0 fully saturated rings. The molecule has 2 nitrogen and oxygen atoms in total. The maximum atomic E-state index is 4.58. The minimum absolute atomic E-state index is 0.363. The molecule has 2 aromatic rings. The van der Waals surface area contributed by atoms with Crippen molar-refractivity contribution < 1.29 is 0 Å². The van der Waals surface area contributed by atoms with E-state index in [2.05, 4.69) is 76.4 Å². The molecule has 4 heteroatoms. The van der Waals surface area contributed by atoms with Crippen LogP contribution in [0.4, 0.5) is 0 Å². The highest BCUT2D eigenvalue weighted by atomic mass is 127. The molecule has 0 aliphatic heterocycles. The predicted molar refractivity (Wildman–Crippen MR) is 90.7 cm³/mol. The summed E-state index contributed by atoms with van der Waals surface area (Å²) in [4.78, 5) is 4.58. The Hall–Kier alpha value is -0.460. The zero-order valence-electron chi connectivity index (χ0n) is 11.3. The number of thiazole rings is 1. The number of hydrogen-bond donors (Lipinski definition) is 1. The van der Waals surface area contributed by atoms with Gasteiger partial charge in [0.15, 0.2) is 0 Å². The zero-order valence-corrected chi connectivity index (χ0v) is 14.3. The van der Waals surface area contributed by atoms with Crippen LogP contribution in [0.25, 0.3) is 0 Å². The van der Waals surface area contributed by atoms with E-state index in [1.54, 1.807) is 11.3 Å². The molecule has 0 bridgehead atoms. The lowest BCUT2D eigenvalue weighted by Crippen LogP contribution is -2.24. The van der Waals surface area contributed by atoms with Crippen LogP contribution in [0.1, 0.15) is 35.7 Å². The highest BCUT2D eigenvalue weighted by Crippen LogP contribution is 2.21. The van der Waals surface area contributed by atoms with Crippen molar-refractivity contribution >= 4 is 33.9 Å². The third kappa shape index (κ3) is 4.54. The Bertz CT molecular complexity index is 507. The number of nitrogens with one attached hydrogen (secondary N) is 1. The fraction of sp³-hybridized carbons (Fsp3) is 0.400. The van der Waals surface area contributed by atoms with Gasteiger partial charge in [0.2, 0.25) is 0 Å². The van der Waals surface area contributed by atoms with E-state index in [4.69, 9.17) is 0 Å². The van der Waals surface area contributed by atoms with Crippen molar-refractivity contribution in [1.82, 2.24) is 10.3 Å². The van der Waals surface area contributed by atoms with Crippen molar-refractivity contribution in [2.45, 2.75) is 32.7 Å². The molecule has 102 valence electrons. The molecule has 1 aromatic heterocycles. The predicted octanol–water partition coefficient (Wildman–Crippen LogP) is 4.34. The molecule has 1 N–H and O–H groups in total. The van der Waals surface area contributed by atoms with Crippen LogP contribution in [0, 0.1) is 10.5 Å². The number of rotatable bonds is 6. The van der Waals surface area contributed by atoms with Gasteiger partial charge in [0.25, 0.3) is 0 Å². The number of aromatic nitrogens is 1. The summed E-state index contributed by atoms with van der Waals surface area (Å²) >= 11 is 4.10. The molecule has 2 rings (SSSR count). The first-order valence-electron chi connectivity index (χ1n) is 6.59. The van der Waals surface area contributed by atoms with Gasteiger partial charge in [0.05, 0.1) is 5.01 Å². The fourth-order valence-corrected chi connectivity index (χ4v) is 3.17. The molecule has 0 aliphatic carbocycles. The maximum Gasteiger partial charge on any atom is 0.0947 e. The lowest BCUT2D eigenvalue weighted by Gasteiger charge is -2.18. The molecule has 1 unspecified atom stereocenters. The standard InChI is InChI=1S/C15H19IN2S/c1-3-8-17-14(9-15-18-11(2)10-19-15)12-4-6-13(16)7-5-12/h4-7,10,14,17H,3,8-9H2,1-2H3. The summed E-state index contributed by atoms with van der Waals surface area (Å²) in [5.74, 6) is 0. The third-order valence-corrected chi connectivity index (χ3v) is 4.67. The summed E-state index contributed by atoms with van der Waals surface area (Å²) < 4.78 is 1.28. The quantitative estimate of drug-likeness (QED) is 0.748. The summed E-state index contributed by atoms with van der Waals surface area (Å²) in [6, 6.07) is 9.14. The first kappa shape index (κ1) is 14.9. The van der Waals surface area contributed by atoms with Crippen LogP contribution >= 0.6 is 33.9 Å². The van der Waals surface area contributed by atoms with Crippen LogP contribution < -0.4 is 5.32 Å². The molecular weight excluding hydrogens is 367 g/mol. The minimum Gasteiger partial charge on any atom is -0.310 e. The van der Waals surface area contributed by atoms with E-state index in [1.165, 1.54) is 14.1 Å². The average molecular weight is 386 g/mol. The molecule has 0 amide bonds. The highest BCUT2D eigenvalue weighted by molar-refractivity contribution is 14.1. The third-order valence-electron chi connectivity index (χ3n) is 2.96. The van der Waals surface area contributed by atoms with Crippen molar-refractivity contribution in [1.29, 1.82) is 0 Å². The SMILES string of the molecule is CCCNC(Cc1nc(C)cs1)c1ccc(I)cc1. The molecule has 0 saturated carbocycles. The van der Waals surface area contributed by atoms with E-state index in [1.807, 2.05) is 0 Å². The second-order valence-electron chi connectivity index (χ2n) is 4.65. The maximum absolute atomic E-state index is 4.58. The Morgan fingerprint density at radius 3 is 2.63 bits per heavy atom. The molecule has 1 heterocycles. The van der Waals surface area contributed by atoms with E-state index in [0.29, 0.717) is 6.04 Å². The Balaban J connectivity index is 2.13. The van der Waals surface area contributed by atoms with Gasteiger partial charge in [-0.05, 0) is 60.2 Å². The summed E-state index contributed by atoms with van der Waals surface area (Å²) in [6.45, 7) is 5.30. The number of benzene rings is 1. The lowest BCUT2D eigenvalue weighted by atomic mass is 10.0. The lowest BCUT2D eigenvalue weighted by molar-refractivity contribution is 0.528. The molecule has 1 aromatic carbocycles. The van der Waals surface area contributed by atoms with Gasteiger partial charge in [0.1, 0.15) is 0 Å². The van der Waals surface area contributed by atoms with Gasteiger partial charge in [-0.3, -0.25) is 0 Å². The zero-order chi connectivity index (χ0) is 13.7. The molecule has 0 aliphatic rings. The molecule has 0 saturated heterocycles. The average Bonchev–Trinajstić information content (AvgIpc) is 2.81. The van der Waals surface area contributed by atoms with Crippen LogP contribution in [0.15, 0.2) is 29.6 Å². The van der Waals surface area contributed by atoms with Crippen molar-refractivity contribution in [2.75, 3.05) is 6.54 Å². The number of hydrogen-bond acceptors (Lipinski definition) is 3. The van der Waals surface area contributed by atoms with Crippen LogP contribution in [0.3, 0.4) is 0 Å². The van der Waals surface area contributed by atoms with E-state index >= 15 is 0 Å². The van der Waals surface area contributed by atoms with Gasteiger partial charge in [-0.15, -0.1) is 11.3 Å². The van der Waals surface area contributed by atoms with Gasteiger partial charge < -0.3 is 5.32 Å². The van der Waals surface area contributed by atoms with Crippen molar-refractivity contribution in [3.63, 3.8) is 0 Å². The highest BCUT2D eigenvalue weighted by Gasteiger charge is 2.13. The van der Waals surface area contributed by atoms with Gasteiger partial charge in [0, 0.05) is 27.1 Å². The van der Waals surface area contributed by atoms with E-state index in [9.17, 15) is 0 Å². The smallest absolute Gasteiger partial charge is 0.0947 e. The molecule has 0 radical (unpaired) electrons. The molecule has 1 atom stereocenters. The van der Waals surface area contributed by atoms with Crippen molar-refractivity contribution in [3.05, 3.63) is 49.5 Å². The minimum atomic E-state index is 0.363. The van der Waals surface area contributed by atoms with Gasteiger partial charge in [-0.1, -0.05) is 19.1 Å². The van der Waals surface area contributed by atoms with E-state index in [0.717, 1.165) is 25.1 Å². The van der Waals surface area contributed by atoms with Crippen LogP contribution in [-0.4, -0.2) is 11.5 Å². The molecule has 0 spiro atoms. The molecular formula is C15H19IN2S. The van der Waals surface area contributed by atoms with Crippen LogP contribution in [0.2, 0.25) is 0 Å². The van der Waals surface area contributed by atoms with Gasteiger partial charge >= 0.3 is 0 Å². The first-order valence-corrected chi connectivity index (χ1v) is 8.54. The van der Waals surface area contributed by atoms with Crippen molar-refractivity contribution in [3.8, 4) is 0 Å². The van der Waals surface area contributed by atoms with Gasteiger partial charge in [-0.2, -0.15) is 0 Å². The summed E-state index contributed by atoms with van der Waals surface area (Å²) in [5.41, 5.74) is 2.47. The van der Waals surface area contributed by atoms with E-state index in [-0.39, 0.29) is 0 Å². The largest absolute Gasteiger partial charge is 0.310 e. The monoisotopic (exact) mass is 386 g/mol. The summed E-state index contributed by atoms with van der Waals surface area (Å²) in [5, 5.41) is 6.96.